The van der Waals surface area contributed by atoms with Gasteiger partial charge in [0.15, 0.2) is 6.23 Å². The van der Waals surface area contributed by atoms with Crippen LogP contribution in [0.15, 0.2) is 0 Å². The Morgan fingerprint density at radius 1 is 0.791 bits per heavy atom. The Labute approximate surface area is 262 Å². The van der Waals surface area contributed by atoms with Gasteiger partial charge in [0.2, 0.25) is 0 Å². The van der Waals surface area contributed by atoms with E-state index in [-0.39, 0.29) is 6.61 Å². The summed E-state index contributed by atoms with van der Waals surface area (Å²) in [7, 11) is 1.27. The normalized spacial score (nSPS) is 17.2. The predicted molar refractivity (Wildman–Crippen MR) is 171 cm³/mol. The fraction of sp³-hybridized carbons (Fsp3) is 0.912. The average Bonchev–Trinajstić information content (AvgIpc) is 3.01. The molecule has 1 N–H and O–H groups in total. The largest absolute Gasteiger partial charge is 0.464 e. The molecule has 0 aliphatic carbocycles. The van der Waals surface area contributed by atoms with E-state index in [1.807, 2.05) is 0 Å². The van der Waals surface area contributed by atoms with Crippen molar-refractivity contribution in [3.63, 3.8) is 0 Å². The van der Waals surface area contributed by atoms with Crippen molar-refractivity contribution in [2.75, 3.05) is 26.9 Å². The molecular formula is C34H64N2O7. The molecule has 0 aromatic carbocycles. The maximum atomic E-state index is 12.9. The molecule has 0 aromatic rings. The molecule has 3 atom stereocenters. The number of hydrogen-bond donors (Lipinski definition) is 1. The van der Waals surface area contributed by atoms with Crippen molar-refractivity contribution in [2.24, 2.45) is 0 Å². The third-order valence-electron chi connectivity index (χ3n) is 8.18. The molecule has 9 nitrogen and oxygen atoms in total. The second-order valence-corrected chi connectivity index (χ2v) is 11.9. The Bertz CT molecular complexity index is 721. The van der Waals surface area contributed by atoms with Crippen LogP contribution in [0, 0.1) is 0 Å². The van der Waals surface area contributed by atoms with E-state index >= 15 is 0 Å². The summed E-state index contributed by atoms with van der Waals surface area (Å²) in [6.45, 7) is 7.20. The summed E-state index contributed by atoms with van der Waals surface area (Å²) in [6, 6.07) is -0.878. The Balaban J connectivity index is 2.39. The highest BCUT2D eigenvalue weighted by atomic mass is 16.6. The summed E-state index contributed by atoms with van der Waals surface area (Å²) in [5.74, 6) is -0.505. The monoisotopic (exact) mass is 612 g/mol. The van der Waals surface area contributed by atoms with Crippen LogP contribution in [-0.2, 0) is 23.7 Å². The first-order chi connectivity index (χ1) is 21.0. The van der Waals surface area contributed by atoms with Gasteiger partial charge in [-0.15, -0.1) is 0 Å². The summed E-state index contributed by atoms with van der Waals surface area (Å²) in [4.78, 5) is 39.8. The van der Waals surface area contributed by atoms with Crippen molar-refractivity contribution in [1.29, 1.82) is 0 Å². The number of hydrogen-bond acceptors (Lipinski definition) is 7. The third kappa shape index (κ3) is 17.8. The lowest BCUT2D eigenvalue weighted by Gasteiger charge is -2.41. The molecular weight excluding hydrogens is 548 g/mol. The number of unbranched alkanes of at least 4 members (excludes halogenated alkanes) is 16. The minimum absolute atomic E-state index is 0.200. The van der Waals surface area contributed by atoms with Gasteiger partial charge >= 0.3 is 18.2 Å². The van der Waals surface area contributed by atoms with Crippen molar-refractivity contribution >= 4 is 18.2 Å². The molecule has 43 heavy (non-hydrogen) atoms. The predicted octanol–water partition coefficient (Wildman–Crippen LogP) is 8.67. The molecule has 0 spiro atoms. The number of esters is 1. The SMILES string of the molecule is CCCCCCCCCCCCCCCCCNC(=O)OC1CCCOC1N(C(=O)OC)C(CCCCC)C(=O)OCC. The lowest BCUT2D eigenvalue weighted by Crippen LogP contribution is -2.58. The minimum atomic E-state index is -0.922. The highest BCUT2D eigenvalue weighted by Gasteiger charge is 2.43. The van der Waals surface area contributed by atoms with Crippen molar-refractivity contribution in [1.82, 2.24) is 10.2 Å². The van der Waals surface area contributed by atoms with E-state index in [0.717, 1.165) is 32.1 Å². The fourth-order valence-electron chi connectivity index (χ4n) is 5.69. The summed E-state index contributed by atoms with van der Waals surface area (Å²) in [6.07, 6.45) is 20.8. The van der Waals surface area contributed by atoms with Crippen LogP contribution in [-0.4, -0.2) is 68.3 Å². The van der Waals surface area contributed by atoms with E-state index in [9.17, 15) is 14.4 Å². The highest BCUT2D eigenvalue weighted by molar-refractivity contribution is 5.81. The van der Waals surface area contributed by atoms with Gasteiger partial charge in [-0.1, -0.05) is 123 Å². The Kier molecular flexibility index (Phi) is 23.9. The zero-order valence-electron chi connectivity index (χ0n) is 28.0. The molecule has 0 aromatic heterocycles. The topological polar surface area (TPSA) is 103 Å². The number of nitrogens with zero attached hydrogens (tertiary/aromatic N) is 1. The van der Waals surface area contributed by atoms with Gasteiger partial charge in [0.05, 0.1) is 13.7 Å². The molecule has 9 heteroatoms. The number of amides is 2. The number of carbonyl (C=O) groups excluding carboxylic acids is 3. The third-order valence-corrected chi connectivity index (χ3v) is 8.18. The number of nitrogens with one attached hydrogen (secondary N) is 1. The zero-order valence-corrected chi connectivity index (χ0v) is 28.0. The number of alkyl carbamates (subject to hydrolysis) is 1. The van der Waals surface area contributed by atoms with Gasteiger partial charge in [0.25, 0.3) is 0 Å². The van der Waals surface area contributed by atoms with Crippen molar-refractivity contribution in [3.05, 3.63) is 0 Å². The molecule has 1 saturated heterocycles. The number of carbonyl (C=O) groups is 3. The highest BCUT2D eigenvalue weighted by Crippen LogP contribution is 2.26. The fourth-order valence-corrected chi connectivity index (χ4v) is 5.69. The van der Waals surface area contributed by atoms with E-state index in [0.29, 0.717) is 32.4 Å². The van der Waals surface area contributed by atoms with Crippen molar-refractivity contribution < 1.29 is 33.3 Å². The van der Waals surface area contributed by atoms with E-state index in [4.69, 9.17) is 18.9 Å². The molecule has 1 aliphatic rings. The number of methoxy groups -OCH3 is 1. The molecule has 1 rings (SSSR count). The van der Waals surface area contributed by atoms with Gasteiger partial charge in [-0.25, -0.2) is 14.4 Å². The van der Waals surface area contributed by atoms with Gasteiger partial charge in [-0.2, -0.15) is 0 Å². The van der Waals surface area contributed by atoms with Crippen LogP contribution in [0.2, 0.25) is 0 Å². The van der Waals surface area contributed by atoms with Gasteiger partial charge in [0.1, 0.15) is 12.1 Å². The van der Waals surface area contributed by atoms with Crippen LogP contribution in [0.1, 0.15) is 156 Å². The van der Waals surface area contributed by atoms with Gasteiger partial charge in [0, 0.05) is 13.2 Å². The first-order valence-corrected chi connectivity index (χ1v) is 17.6. The van der Waals surface area contributed by atoms with E-state index in [1.54, 1.807) is 6.92 Å². The summed E-state index contributed by atoms with van der Waals surface area (Å²) < 4.78 is 22.0. The smallest absolute Gasteiger partial charge is 0.412 e. The second-order valence-electron chi connectivity index (χ2n) is 11.9. The molecule has 2 amide bonds. The lowest BCUT2D eigenvalue weighted by atomic mass is 10.0. The molecule has 1 fully saturated rings. The van der Waals surface area contributed by atoms with Crippen LogP contribution in [0.4, 0.5) is 9.59 Å². The standard InChI is InChI=1S/C34H64N2O7/c1-5-8-10-11-12-13-14-15-16-17-18-19-20-21-23-27-35-33(38)43-30-26-24-28-42-31(30)36(34(39)40-4)29(25-22-9-6-2)32(37)41-7-3/h29-31H,5-28H2,1-4H3,(H,35,38). The van der Waals surface area contributed by atoms with Crippen LogP contribution in [0.5, 0.6) is 0 Å². The summed E-state index contributed by atoms with van der Waals surface area (Å²) in [5, 5.41) is 2.85. The van der Waals surface area contributed by atoms with E-state index in [1.165, 1.54) is 95.5 Å². The summed E-state index contributed by atoms with van der Waals surface area (Å²) >= 11 is 0. The molecule has 0 radical (unpaired) electrons. The van der Waals surface area contributed by atoms with Crippen LogP contribution in [0.3, 0.4) is 0 Å². The summed E-state index contributed by atoms with van der Waals surface area (Å²) in [5.41, 5.74) is 0. The lowest BCUT2D eigenvalue weighted by molar-refractivity contribution is -0.173. The molecule has 0 bridgehead atoms. The number of rotatable bonds is 25. The van der Waals surface area contributed by atoms with Crippen LogP contribution < -0.4 is 5.32 Å². The van der Waals surface area contributed by atoms with Crippen LogP contribution >= 0.6 is 0 Å². The Hall–Kier alpha value is -2.03. The van der Waals surface area contributed by atoms with E-state index < -0.39 is 36.5 Å². The molecule has 1 aliphatic heterocycles. The Morgan fingerprint density at radius 2 is 1.33 bits per heavy atom. The first-order valence-electron chi connectivity index (χ1n) is 17.6. The van der Waals surface area contributed by atoms with Crippen molar-refractivity contribution in [2.45, 2.75) is 174 Å². The van der Waals surface area contributed by atoms with Crippen LogP contribution in [0.25, 0.3) is 0 Å². The molecule has 252 valence electrons. The van der Waals surface area contributed by atoms with Gasteiger partial charge in [-0.05, 0) is 32.6 Å². The quantitative estimate of drug-likeness (QED) is 0.0625. The van der Waals surface area contributed by atoms with Crippen molar-refractivity contribution in [3.8, 4) is 0 Å². The molecule has 0 saturated carbocycles. The Morgan fingerprint density at radius 3 is 1.86 bits per heavy atom. The zero-order chi connectivity index (χ0) is 31.5. The molecule has 1 heterocycles. The average molecular weight is 613 g/mol. The minimum Gasteiger partial charge on any atom is -0.464 e. The van der Waals surface area contributed by atoms with E-state index in [2.05, 4.69) is 19.2 Å². The number of ether oxygens (including phenoxy) is 4. The molecule has 3 unspecified atom stereocenters. The first kappa shape index (κ1) is 39.0. The maximum Gasteiger partial charge on any atom is 0.412 e. The van der Waals surface area contributed by atoms with Gasteiger partial charge < -0.3 is 24.3 Å². The van der Waals surface area contributed by atoms with Gasteiger partial charge in [-0.3, -0.25) is 4.90 Å². The second kappa shape index (κ2) is 26.4. The maximum absolute atomic E-state index is 12.9.